The van der Waals surface area contributed by atoms with E-state index in [2.05, 4.69) is 70.5 Å². The Morgan fingerprint density at radius 3 is 2.67 bits per heavy atom. The second-order valence-electron chi connectivity index (χ2n) is 4.80. The Morgan fingerprint density at radius 2 is 1.72 bits per heavy atom. The Morgan fingerprint density at radius 1 is 0.833 bits per heavy atom. The number of hydrogen-bond acceptors (Lipinski definition) is 0. The Balaban J connectivity index is 2.12. The zero-order valence-corrected chi connectivity index (χ0v) is 11.4. The largest absolute Gasteiger partial charge is 0.0616 e. The van der Waals surface area contributed by atoms with Crippen LogP contribution in [0, 0.1) is 0 Å². The van der Waals surface area contributed by atoms with Gasteiger partial charge in [-0.1, -0.05) is 58.4 Å². The van der Waals surface area contributed by atoms with Gasteiger partial charge in [0.2, 0.25) is 0 Å². The summed E-state index contributed by atoms with van der Waals surface area (Å²) in [5.41, 5.74) is 5.69. The van der Waals surface area contributed by atoms with E-state index in [1.165, 1.54) is 37.5 Å². The van der Waals surface area contributed by atoms with Crippen LogP contribution >= 0.6 is 15.9 Å². The van der Waals surface area contributed by atoms with Gasteiger partial charge in [0.1, 0.15) is 0 Å². The lowest BCUT2D eigenvalue weighted by molar-refractivity contribution is 1.26. The second kappa shape index (κ2) is 3.69. The molecule has 0 heterocycles. The summed E-state index contributed by atoms with van der Waals surface area (Å²) in [6.45, 7) is 0. The summed E-state index contributed by atoms with van der Waals surface area (Å²) in [6.07, 6.45) is 1.05. The molecule has 0 nitrogen and oxygen atoms in total. The van der Waals surface area contributed by atoms with Gasteiger partial charge in [-0.3, -0.25) is 0 Å². The van der Waals surface area contributed by atoms with Crippen molar-refractivity contribution in [2.24, 2.45) is 0 Å². The molecule has 1 aliphatic rings. The first-order chi connectivity index (χ1) is 8.83. The molecule has 0 N–H and O–H groups in total. The second-order valence-corrected chi connectivity index (χ2v) is 5.71. The Bertz CT molecular complexity index is 772. The van der Waals surface area contributed by atoms with Gasteiger partial charge < -0.3 is 0 Å². The first-order valence-corrected chi connectivity index (χ1v) is 6.92. The normalized spacial score (nSPS) is 12.5. The lowest BCUT2D eigenvalue weighted by Gasteiger charge is -2.06. The van der Waals surface area contributed by atoms with Crippen molar-refractivity contribution in [3.05, 3.63) is 70.2 Å². The van der Waals surface area contributed by atoms with E-state index in [1.807, 2.05) is 0 Å². The van der Waals surface area contributed by atoms with Gasteiger partial charge in [0.05, 0.1) is 0 Å². The Labute approximate surface area is 114 Å². The molecule has 4 rings (SSSR count). The summed E-state index contributed by atoms with van der Waals surface area (Å²) in [5.74, 6) is 0. The van der Waals surface area contributed by atoms with E-state index in [4.69, 9.17) is 0 Å². The molecule has 0 saturated heterocycles. The van der Waals surface area contributed by atoms with Crippen LogP contribution in [0.25, 0.3) is 21.9 Å². The molecule has 0 unspecified atom stereocenters. The smallest absolute Gasteiger partial charge is 0.0178 e. The molecule has 0 radical (unpaired) electrons. The van der Waals surface area contributed by atoms with Crippen molar-refractivity contribution in [3.8, 4) is 11.1 Å². The van der Waals surface area contributed by atoms with Crippen LogP contribution in [0.15, 0.2) is 59.1 Å². The fourth-order valence-electron chi connectivity index (χ4n) is 2.94. The highest BCUT2D eigenvalue weighted by atomic mass is 79.9. The van der Waals surface area contributed by atoms with Crippen LogP contribution in [0.2, 0.25) is 0 Å². The van der Waals surface area contributed by atoms with E-state index < -0.39 is 0 Å². The first kappa shape index (κ1) is 10.3. The van der Waals surface area contributed by atoms with Gasteiger partial charge in [0, 0.05) is 4.47 Å². The highest BCUT2D eigenvalue weighted by molar-refractivity contribution is 9.10. The fraction of sp³-hybridized carbons (Fsp3) is 0.0588. The predicted molar refractivity (Wildman–Crippen MR) is 79.9 cm³/mol. The summed E-state index contributed by atoms with van der Waals surface area (Å²) in [6, 6.07) is 19.8. The van der Waals surface area contributed by atoms with Crippen LogP contribution in [0.5, 0.6) is 0 Å². The van der Waals surface area contributed by atoms with Gasteiger partial charge in [0.25, 0.3) is 0 Å². The number of halogens is 1. The van der Waals surface area contributed by atoms with Gasteiger partial charge in [-0.25, -0.2) is 0 Å². The number of fused-ring (bicyclic) bond motifs is 5. The maximum absolute atomic E-state index is 3.56. The molecular weight excluding hydrogens is 284 g/mol. The van der Waals surface area contributed by atoms with Gasteiger partial charge >= 0.3 is 0 Å². The van der Waals surface area contributed by atoms with E-state index in [0.29, 0.717) is 0 Å². The summed E-state index contributed by atoms with van der Waals surface area (Å²) >= 11 is 3.56. The lowest BCUT2D eigenvalue weighted by Crippen LogP contribution is -1.81. The third-order valence-corrected chi connectivity index (χ3v) is 4.23. The van der Waals surface area contributed by atoms with E-state index in [9.17, 15) is 0 Å². The Kier molecular flexibility index (Phi) is 2.12. The SMILES string of the molecule is Brc1ccc2c(c1)Cc1ccc3ccccc3c1-2. The highest BCUT2D eigenvalue weighted by Gasteiger charge is 2.20. The maximum Gasteiger partial charge on any atom is 0.0178 e. The minimum Gasteiger partial charge on any atom is -0.0616 e. The fourth-order valence-corrected chi connectivity index (χ4v) is 3.35. The van der Waals surface area contributed by atoms with E-state index >= 15 is 0 Å². The molecule has 1 heteroatoms. The molecule has 0 amide bonds. The molecule has 0 saturated carbocycles. The van der Waals surface area contributed by atoms with Gasteiger partial charge in [0.15, 0.2) is 0 Å². The van der Waals surface area contributed by atoms with Crippen molar-refractivity contribution in [3.63, 3.8) is 0 Å². The lowest BCUT2D eigenvalue weighted by atomic mass is 9.98. The molecule has 0 spiro atoms. The van der Waals surface area contributed by atoms with E-state index in [-0.39, 0.29) is 0 Å². The molecule has 3 aromatic rings. The minimum absolute atomic E-state index is 1.05. The van der Waals surface area contributed by atoms with E-state index in [0.717, 1.165) is 6.42 Å². The highest BCUT2D eigenvalue weighted by Crippen LogP contribution is 2.41. The number of rotatable bonds is 0. The Hall–Kier alpha value is -1.60. The van der Waals surface area contributed by atoms with Crippen LogP contribution in [0.3, 0.4) is 0 Å². The number of hydrogen-bond donors (Lipinski definition) is 0. The standard InChI is InChI=1S/C17H11Br/c18-14-7-8-16-13(10-14)9-12-6-5-11-3-1-2-4-15(11)17(12)16/h1-8,10H,9H2. The summed E-state index contributed by atoms with van der Waals surface area (Å²) in [7, 11) is 0. The number of benzene rings is 3. The zero-order valence-electron chi connectivity index (χ0n) is 9.78. The molecular formula is C17H11Br. The zero-order chi connectivity index (χ0) is 12.1. The quantitative estimate of drug-likeness (QED) is 0.419. The van der Waals surface area contributed by atoms with Gasteiger partial charge in [-0.2, -0.15) is 0 Å². The molecule has 0 aromatic heterocycles. The van der Waals surface area contributed by atoms with Crippen LogP contribution in [-0.4, -0.2) is 0 Å². The molecule has 0 fully saturated rings. The average Bonchev–Trinajstić information content (AvgIpc) is 2.76. The molecule has 86 valence electrons. The van der Waals surface area contributed by atoms with Crippen molar-refractivity contribution in [2.75, 3.05) is 0 Å². The van der Waals surface area contributed by atoms with Crippen molar-refractivity contribution in [2.45, 2.75) is 6.42 Å². The average molecular weight is 295 g/mol. The van der Waals surface area contributed by atoms with Gasteiger partial charge in [-0.05, 0) is 51.6 Å². The topological polar surface area (TPSA) is 0 Å². The summed E-state index contributed by atoms with van der Waals surface area (Å²) < 4.78 is 1.17. The first-order valence-electron chi connectivity index (χ1n) is 6.12. The monoisotopic (exact) mass is 294 g/mol. The molecule has 1 aliphatic carbocycles. The van der Waals surface area contributed by atoms with Crippen LogP contribution in [0.1, 0.15) is 11.1 Å². The van der Waals surface area contributed by atoms with Crippen molar-refractivity contribution >= 4 is 26.7 Å². The van der Waals surface area contributed by atoms with Crippen molar-refractivity contribution in [1.82, 2.24) is 0 Å². The summed E-state index contributed by atoms with van der Waals surface area (Å²) in [4.78, 5) is 0. The van der Waals surface area contributed by atoms with Crippen molar-refractivity contribution in [1.29, 1.82) is 0 Å². The minimum atomic E-state index is 1.05. The van der Waals surface area contributed by atoms with Crippen LogP contribution in [0.4, 0.5) is 0 Å². The third kappa shape index (κ3) is 1.37. The third-order valence-electron chi connectivity index (χ3n) is 3.73. The van der Waals surface area contributed by atoms with Gasteiger partial charge in [-0.15, -0.1) is 0 Å². The molecule has 0 atom stereocenters. The van der Waals surface area contributed by atoms with Crippen LogP contribution < -0.4 is 0 Å². The van der Waals surface area contributed by atoms with Crippen molar-refractivity contribution < 1.29 is 0 Å². The molecule has 3 aromatic carbocycles. The molecule has 0 aliphatic heterocycles. The maximum atomic E-state index is 3.56. The molecule has 0 bridgehead atoms. The summed E-state index contributed by atoms with van der Waals surface area (Å²) in [5, 5.41) is 2.70. The predicted octanol–water partition coefficient (Wildman–Crippen LogP) is 5.17. The molecule has 18 heavy (non-hydrogen) atoms. The van der Waals surface area contributed by atoms with E-state index in [1.54, 1.807) is 0 Å². The van der Waals surface area contributed by atoms with Crippen LogP contribution in [-0.2, 0) is 6.42 Å².